The van der Waals surface area contributed by atoms with Crippen molar-refractivity contribution in [3.63, 3.8) is 0 Å². The van der Waals surface area contributed by atoms with Gasteiger partial charge in [0.25, 0.3) is 0 Å². The first kappa shape index (κ1) is 13.7. The molecule has 0 aromatic carbocycles. The van der Waals surface area contributed by atoms with E-state index in [0.29, 0.717) is 24.5 Å². The summed E-state index contributed by atoms with van der Waals surface area (Å²) in [6.45, 7) is 9.19. The minimum atomic E-state index is 0.384. The van der Waals surface area contributed by atoms with E-state index in [1.165, 1.54) is 6.42 Å². The van der Waals surface area contributed by atoms with Crippen LogP contribution in [0.1, 0.15) is 40.5 Å². The van der Waals surface area contributed by atoms with Crippen LogP contribution in [0.4, 0.5) is 5.95 Å². The van der Waals surface area contributed by atoms with Crippen LogP contribution in [0.25, 0.3) is 0 Å². The zero-order valence-corrected chi connectivity index (χ0v) is 11.2. The predicted molar refractivity (Wildman–Crippen MR) is 70.4 cm³/mol. The van der Waals surface area contributed by atoms with Crippen LogP contribution in [-0.2, 0) is 0 Å². The number of nitrogens with zero attached hydrogens (tertiary/aromatic N) is 2. The third kappa shape index (κ3) is 5.52. The summed E-state index contributed by atoms with van der Waals surface area (Å²) >= 11 is 0. The van der Waals surface area contributed by atoms with Crippen molar-refractivity contribution in [2.75, 3.05) is 11.9 Å². The van der Waals surface area contributed by atoms with Gasteiger partial charge in [-0.05, 0) is 32.6 Å². The van der Waals surface area contributed by atoms with Gasteiger partial charge in [0.2, 0.25) is 11.8 Å². The minimum Gasteiger partial charge on any atom is -0.478 e. The monoisotopic (exact) mass is 237 g/mol. The first-order chi connectivity index (χ1) is 8.11. The molecule has 1 unspecified atom stereocenters. The van der Waals surface area contributed by atoms with E-state index in [1.54, 1.807) is 12.3 Å². The Morgan fingerprint density at radius 3 is 2.71 bits per heavy atom. The average Bonchev–Trinajstić information content (AvgIpc) is 2.27. The van der Waals surface area contributed by atoms with Crippen LogP contribution in [-0.4, -0.2) is 22.6 Å². The molecule has 1 rings (SSSR count). The highest BCUT2D eigenvalue weighted by molar-refractivity contribution is 5.28. The number of hydrogen-bond acceptors (Lipinski definition) is 4. The summed E-state index contributed by atoms with van der Waals surface area (Å²) in [6.07, 6.45) is 4.05. The summed E-state index contributed by atoms with van der Waals surface area (Å²) in [5.41, 5.74) is 0. The smallest absolute Gasteiger partial charge is 0.226 e. The molecule has 0 saturated heterocycles. The zero-order chi connectivity index (χ0) is 12.7. The molecule has 0 radical (unpaired) electrons. The van der Waals surface area contributed by atoms with E-state index in [1.807, 2.05) is 6.92 Å². The van der Waals surface area contributed by atoms with Crippen LogP contribution in [0.2, 0.25) is 0 Å². The topological polar surface area (TPSA) is 47.0 Å². The summed E-state index contributed by atoms with van der Waals surface area (Å²) in [6, 6.07) is 2.15. The molecule has 1 atom stereocenters. The van der Waals surface area contributed by atoms with E-state index >= 15 is 0 Å². The molecule has 0 aliphatic carbocycles. The van der Waals surface area contributed by atoms with Crippen LogP contribution in [0.3, 0.4) is 0 Å². The van der Waals surface area contributed by atoms with Gasteiger partial charge in [0.1, 0.15) is 0 Å². The van der Waals surface area contributed by atoms with Gasteiger partial charge in [0.05, 0.1) is 6.61 Å². The first-order valence-corrected chi connectivity index (χ1v) is 6.34. The Kier molecular flexibility index (Phi) is 5.73. The third-order valence-electron chi connectivity index (χ3n) is 2.47. The fourth-order valence-corrected chi connectivity index (χ4v) is 1.52. The SMILES string of the molecule is CCOc1ccnc(NC(C)CCC(C)C)n1. The molecule has 1 aromatic heterocycles. The van der Waals surface area contributed by atoms with E-state index < -0.39 is 0 Å². The molecule has 4 heteroatoms. The van der Waals surface area contributed by atoms with Gasteiger partial charge in [-0.1, -0.05) is 13.8 Å². The van der Waals surface area contributed by atoms with E-state index in [9.17, 15) is 0 Å². The van der Waals surface area contributed by atoms with Crippen LogP contribution < -0.4 is 10.1 Å². The van der Waals surface area contributed by atoms with Gasteiger partial charge in [-0.2, -0.15) is 4.98 Å². The van der Waals surface area contributed by atoms with E-state index in [2.05, 4.69) is 36.1 Å². The van der Waals surface area contributed by atoms with E-state index in [0.717, 1.165) is 12.3 Å². The quantitative estimate of drug-likeness (QED) is 0.791. The van der Waals surface area contributed by atoms with Gasteiger partial charge in [-0.25, -0.2) is 4.98 Å². The van der Waals surface area contributed by atoms with Crippen LogP contribution in [0, 0.1) is 5.92 Å². The lowest BCUT2D eigenvalue weighted by Crippen LogP contribution is -2.17. The predicted octanol–water partition coefficient (Wildman–Crippen LogP) is 3.11. The maximum absolute atomic E-state index is 5.34. The molecule has 0 spiro atoms. The van der Waals surface area contributed by atoms with Gasteiger partial charge >= 0.3 is 0 Å². The highest BCUT2D eigenvalue weighted by Crippen LogP contribution is 2.12. The van der Waals surface area contributed by atoms with Crippen molar-refractivity contribution in [2.24, 2.45) is 5.92 Å². The van der Waals surface area contributed by atoms with Crippen molar-refractivity contribution in [1.29, 1.82) is 0 Å². The zero-order valence-electron chi connectivity index (χ0n) is 11.2. The maximum Gasteiger partial charge on any atom is 0.226 e. The number of hydrogen-bond donors (Lipinski definition) is 1. The maximum atomic E-state index is 5.34. The third-order valence-corrected chi connectivity index (χ3v) is 2.47. The summed E-state index contributed by atoms with van der Waals surface area (Å²) in [5, 5.41) is 3.29. The molecule has 17 heavy (non-hydrogen) atoms. The Morgan fingerprint density at radius 1 is 1.29 bits per heavy atom. The molecule has 4 nitrogen and oxygen atoms in total. The minimum absolute atomic E-state index is 0.384. The lowest BCUT2D eigenvalue weighted by atomic mass is 10.0. The average molecular weight is 237 g/mol. The van der Waals surface area contributed by atoms with Crippen molar-refractivity contribution in [3.8, 4) is 5.88 Å². The molecule has 1 N–H and O–H groups in total. The van der Waals surface area contributed by atoms with Gasteiger partial charge < -0.3 is 10.1 Å². The number of nitrogens with one attached hydrogen (secondary N) is 1. The van der Waals surface area contributed by atoms with Crippen molar-refractivity contribution in [3.05, 3.63) is 12.3 Å². The Bertz CT molecular complexity index is 328. The molecule has 0 fully saturated rings. The summed E-state index contributed by atoms with van der Waals surface area (Å²) in [4.78, 5) is 8.47. The molecule has 0 amide bonds. The first-order valence-electron chi connectivity index (χ1n) is 6.34. The lowest BCUT2D eigenvalue weighted by molar-refractivity contribution is 0.326. The lowest BCUT2D eigenvalue weighted by Gasteiger charge is -2.15. The molecule has 0 aliphatic heterocycles. The van der Waals surface area contributed by atoms with Gasteiger partial charge in [-0.15, -0.1) is 0 Å². The normalized spacial score (nSPS) is 12.5. The molecule has 0 saturated carbocycles. The van der Waals surface area contributed by atoms with E-state index in [4.69, 9.17) is 4.74 Å². The van der Waals surface area contributed by atoms with Crippen molar-refractivity contribution in [2.45, 2.75) is 46.6 Å². The number of rotatable bonds is 7. The Hall–Kier alpha value is -1.32. The Labute approximate surface area is 104 Å². The van der Waals surface area contributed by atoms with Crippen LogP contribution >= 0.6 is 0 Å². The van der Waals surface area contributed by atoms with Crippen LogP contribution in [0.5, 0.6) is 5.88 Å². The summed E-state index contributed by atoms with van der Waals surface area (Å²) < 4.78 is 5.34. The second kappa shape index (κ2) is 7.09. The standard InChI is InChI=1S/C13H23N3O/c1-5-17-12-8-9-14-13(16-12)15-11(4)7-6-10(2)3/h8-11H,5-7H2,1-4H3,(H,14,15,16). The van der Waals surface area contributed by atoms with Gasteiger partial charge in [-0.3, -0.25) is 0 Å². The Balaban J connectivity index is 2.46. The molecule has 1 heterocycles. The van der Waals surface area contributed by atoms with Gasteiger partial charge in [0, 0.05) is 18.3 Å². The second-order valence-electron chi connectivity index (χ2n) is 4.67. The van der Waals surface area contributed by atoms with E-state index in [-0.39, 0.29) is 0 Å². The molecule has 0 bridgehead atoms. The summed E-state index contributed by atoms with van der Waals surface area (Å²) in [7, 11) is 0. The second-order valence-corrected chi connectivity index (χ2v) is 4.67. The number of ether oxygens (including phenoxy) is 1. The van der Waals surface area contributed by atoms with Crippen molar-refractivity contribution < 1.29 is 4.74 Å². The Morgan fingerprint density at radius 2 is 2.06 bits per heavy atom. The molecular weight excluding hydrogens is 214 g/mol. The van der Waals surface area contributed by atoms with Crippen molar-refractivity contribution in [1.82, 2.24) is 9.97 Å². The fourth-order valence-electron chi connectivity index (χ4n) is 1.52. The number of anilines is 1. The highest BCUT2D eigenvalue weighted by atomic mass is 16.5. The highest BCUT2D eigenvalue weighted by Gasteiger charge is 2.06. The van der Waals surface area contributed by atoms with Crippen molar-refractivity contribution >= 4 is 5.95 Å². The number of aromatic nitrogens is 2. The fraction of sp³-hybridized carbons (Fsp3) is 0.692. The molecule has 96 valence electrons. The molecular formula is C13H23N3O. The largest absolute Gasteiger partial charge is 0.478 e. The summed E-state index contributed by atoms with van der Waals surface area (Å²) in [5.74, 6) is 2.00. The molecule has 0 aliphatic rings. The van der Waals surface area contributed by atoms with Gasteiger partial charge in [0.15, 0.2) is 0 Å². The molecule has 1 aromatic rings. The van der Waals surface area contributed by atoms with Crippen LogP contribution in [0.15, 0.2) is 12.3 Å².